The van der Waals surface area contributed by atoms with Crippen LogP contribution in [0.5, 0.6) is 0 Å². The molecule has 70 valence electrons. The highest BCUT2D eigenvalue weighted by Crippen LogP contribution is 2.17. The molecule has 1 aromatic carbocycles. The molecular formula is C10H12O2S. The van der Waals surface area contributed by atoms with Gasteiger partial charge in [0.1, 0.15) is 6.61 Å². The number of benzene rings is 1. The van der Waals surface area contributed by atoms with Crippen LogP contribution in [0.1, 0.15) is 5.56 Å². The second-order valence-corrected chi connectivity index (χ2v) is 3.80. The normalized spacial score (nSPS) is 9.62. The summed E-state index contributed by atoms with van der Waals surface area (Å²) in [5, 5.41) is 0. The maximum absolute atomic E-state index is 9.83. The summed E-state index contributed by atoms with van der Waals surface area (Å²) in [7, 11) is 0. The number of thioether (sulfide) groups is 1. The van der Waals surface area contributed by atoms with Crippen LogP contribution in [0, 0.1) is 6.92 Å². The Morgan fingerprint density at radius 1 is 1.38 bits per heavy atom. The van der Waals surface area contributed by atoms with Crippen LogP contribution < -0.4 is 0 Å². The zero-order valence-electron chi connectivity index (χ0n) is 7.53. The minimum absolute atomic E-state index is 0.474. The van der Waals surface area contributed by atoms with Crippen LogP contribution in [-0.2, 0) is 9.53 Å². The second-order valence-electron chi connectivity index (χ2n) is 2.63. The van der Waals surface area contributed by atoms with Gasteiger partial charge in [0, 0.05) is 10.6 Å². The molecule has 0 saturated carbocycles. The van der Waals surface area contributed by atoms with E-state index in [2.05, 4.69) is 35.9 Å². The molecule has 13 heavy (non-hydrogen) atoms. The van der Waals surface area contributed by atoms with Gasteiger partial charge in [0.2, 0.25) is 0 Å². The Morgan fingerprint density at radius 2 is 2.08 bits per heavy atom. The summed E-state index contributed by atoms with van der Waals surface area (Å²) in [5.74, 6) is 0.807. The predicted octanol–water partition coefficient (Wildman–Crippen LogP) is 2.26. The Morgan fingerprint density at radius 3 is 2.69 bits per heavy atom. The fraction of sp³-hybridized carbons (Fsp3) is 0.300. The van der Waals surface area contributed by atoms with E-state index >= 15 is 0 Å². The van der Waals surface area contributed by atoms with E-state index in [1.165, 1.54) is 10.5 Å². The van der Waals surface area contributed by atoms with Gasteiger partial charge in [0.05, 0.1) is 0 Å². The zero-order valence-corrected chi connectivity index (χ0v) is 8.34. The average Bonchev–Trinajstić information content (AvgIpc) is 2.15. The molecule has 0 aliphatic heterocycles. The van der Waals surface area contributed by atoms with Crippen LogP contribution in [-0.4, -0.2) is 18.8 Å². The lowest BCUT2D eigenvalue weighted by Crippen LogP contribution is -1.93. The van der Waals surface area contributed by atoms with Crippen molar-refractivity contribution in [3.63, 3.8) is 0 Å². The summed E-state index contributed by atoms with van der Waals surface area (Å²) in [5.41, 5.74) is 1.26. The second kappa shape index (κ2) is 5.65. The first kappa shape index (κ1) is 10.1. The third-order valence-corrected chi connectivity index (χ3v) is 2.54. The Kier molecular flexibility index (Phi) is 4.40. The van der Waals surface area contributed by atoms with Crippen molar-refractivity contribution in [1.82, 2.24) is 0 Å². The first-order valence-electron chi connectivity index (χ1n) is 4.07. The van der Waals surface area contributed by atoms with Gasteiger partial charge in [0.15, 0.2) is 0 Å². The van der Waals surface area contributed by atoms with Crippen LogP contribution >= 0.6 is 11.8 Å². The number of hydrogen-bond donors (Lipinski definition) is 0. The molecular weight excluding hydrogens is 184 g/mol. The van der Waals surface area contributed by atoms with Crippen molar-refractivity contribution >= 4 is 18.2 Å². The van der Waals surface area contributed by atoms with Gasteiger partial charge in [-0.1, -0.05) is 17.7 Å². The molecule has 0 aliphatic carbocycles. The summed E-state index contributed by atoms with van der Waals surface area (Å²) in [6.07, 6.45) is 0. The molecule has 0 atom stereocenters. The number of rotatable bonds is 5. The monoisotopic (exact) mass is 196 g/mol. The number of aryl methyl sites for hydroxylation is 1. The molecule has 0 bridgehead atoms. The smallest absolute Gasteiger partial charge is 0.293 e. The van der Waals surface area contributed by atoms with Crippen LogP contribution in [0.15, 0.2) is 29.2 Å². The lowest BCUT2D eigenvalue weighted by atomic mass is 10.2. The highest BCUT2D eigenvalue weighted by atomic mass is 32.2. The highest BCUT2D eigenvalue weighted by Gasteiger charge is 1.92. The van der Waals surface area contributed by atoms with Crippen molar-refractivity contribution in [3.05, 3.63) is 29.8 Å². The molecule has 2 nitrogen and oxygen atoms in total. The minimum Gasteiger partial charge on any atom is -0.467 e. The fourth-order valence-corrected chi connectivity index (χ4v) is 1.63. The van der Waals surface area contributed by atoms with Crippen molar-refractivity contribution in [2.45, 2.75) is 11.8 Å². The molecule has 0 aromatic heterocycles. The van der Waals surface area contributed by atoms with Crippen LogP contribution in [0.25, 0.3) is 0 Å². The molecule has 0 radical (unpaired) electrons. The van der Waals surface area contributed by atoms with Gasteiger partial charge in [-0.2, -0.15) is 0 Å². The Hall–Kier alpha value is -0.960. The van der Waals surface area contributed by atoms with E-state index in [4.69, 9.17) is 0 Å². The van der Waals surface area contributed by atoms with E-state index in [-0.39, 0.29) is 0 Å². The first-order chi connectivity index (χ1) is 6.33. The molecule has 1 aromatic rings. The maximum atomic E-state index is 9.83. The van der Waals surface area contributed by atoms with Gasteiger partial charge in [-0.25, -0.2) is 0 Å². The Labute approximate surface area is 82.3 Å². The van der Waals surface area contributed by atoms with Gasteiger partial charge in [-0.05, 0) is 19.1 Å². The number of ether oxygens (including phenoxy) is 1. The van der Waals surface area contributed by atoms with Crippen molar-refractivity contribution in [1.29, 1.82) is 0 Å². The Balaban J connectivity index is 2.28. The molecule has 1 rings (SSSR count). The van der Waals surface area contributed by atoms with Gasteiger partial charge >= 0.3 is 0 Å². The zero-order chi connectivity index (χ0) is 9.52. The topological polar surface area (TPSA) is 26.3 Å². The molecule has 3 heteroatoms. The van der Waals surface area contributed by atoms with Crippen molar-refractivity contribution < 1.29 is 9.53 Å². The minimum atomic E-state index is 0.474. The van der Waals surface area contributed by atoms with E-state index in [1.54, 1.807) is 11.8 Å². The van der Waals surface area contributed by atoms with Gasteiger partial charge < -0.3 is 4.74 Å². The molecule has 0 spiro atoms. The summed E-state index contributed by atoms with van der Waals surface area (Å²) < 4.78 is 4.58. The van der Waals surface area contributed by atoms with Crippen LogP contribution in [0.4, 0.5) is 0 Å². The van der Waals surface area contributed by atoms with Crippen molar-refractivity contribution in [2.24, 2.45) is 0 Å². The van der Waals surface area contributed by atoms with Gasteiger partial charge in [-0.3, -0.25) is 4.79 Å². The fourth-order valence-electron chi connectivity index (χ4n) is 0.890. The van der Waals surface area contributed by atoms with E-state index in [0.29, 0.717) is 13.1 Å². The third kappa shape index (κ3) is 3.99. The van der Waals surface area contributed by atoms with Crippen LogP contribution in [0.2, 0.25) is 0 Å². The van der Waals surface area contributed by atoms with Crippen LogP contribution in [0.3, 0.4) is 0 Å². The third-order valence-electron chi connectivity index (χ3n) is 1.56. The SMILES string of the molecule is Cc1ccc(SCCOC=O)cc1. The average molecular weight is 196 g/mol. The first-order valence-corrected chi connectivity index (χ1v) is 5.06. The summed E-state index contributed by atoms with van der Waals surface area (Å²) >= 11 is 1.69. The molecule has 0 unspecified atom stereocenters. The highest BCUT2D eigenvalue weighted by molar-refractivity contribution is 7.99. The lowest BCUT2D eigenvalue weighted by molar-refractivity contribution is -0.128. The number of carbonyl (C=O) groups is 1. The quantitative estimate of drug-likeness (QED) is 0.410. The molecule has 0 heterocycles. The number of hydrogen-bond acceptors (Lipinski definition) is 3. The van der Waals surface area contributed by atoms with Crippen molar-refractivity contribution in [3.8, 4) is 0 Å². The molecule has 0 aliphatic rings. The van der Waals surface area contributed by atoms with Gasteiger partial charge in [-0.15, -0.1) is 11.8 Å². The van der Waals surface area contributed by atoms with Gasteiger partial charge in [0.25, 0.3) is 6.47 Å². The van der Waals surface area contributed by atoms with E-state index < -0.39 is 0 Å². The predicted molar refractivity (Wildman–Crippen MR) is 53.9 cm³/mol. The molecule has 0 amide bonds. The molecule has 0 N–H and O–H groups in total. The summed E-state index contributed by atoms with van der Waals surface area (Å²) in [6.45, 7) is 3.02. The molecule has 0 fully saturated rings. The summed E-state index contributed by atoms with van der Waals surface area (Å²) in [6, 6.07) is 8.29. The standard InChI is InChI=1S/C10H12O2S/c1-9-2-4-10(5-3-9)13-7-6-12-8-11/h2-5,8H,6-7H2,1H3. The number of carbonyl (C=O) groups excluding carboxylic acids is 1. The van der Waals surface area contributed by atoms with E-state index in [1.807, 2.05) is 0 Å². The maximum Gasteiger partial charge on any atom is 0.293 e. The summed E-state index contributed by atoms with van der Waals surface area (Å²) in [4.78, 5) is 11.0. The lowest BCUT2D eigenvalue weighted by Gasteiger charge is -2.00. The van der Waals surface area contributed by atoms with Crippen molar-refractivity contribution in [2.75, 3.05) is 12.4 Å². The Bertz CT molecular complexity index is 256. The van der Waals surface area contributed by atoms with E-state index in [9.17, 15) is 4.79 Å². The largest absolute Gasteiger partial charge is 0.467 e. The van der Waals surface area contributed by atoms with E-state index in [0.717, 1.165) is 5.75 Å². The molecule has 0 saturated heterocycles.